The summed E-state index contributed by atoms with van der Waals surface area (Å²) in [5.74, 6) is -0.139. The highest BCUT2D eigenvalue weighted by Crippen LogP contribution is 2.42. The molecule has 1 fully saturated rings. The molecule has 1 N–H and O–H groups in total. The van der Waals surface area contributed by atoms with E-state index in [2.05, 4.69) is 15.9 Å². The van der Waals surface area contributed by atoms with Crippen LogP contribution in [0.2, 0.25) is 0 Å². The molecule has 0 aliphatic heterocycles. The van der Waals surface area contributed by atoms with Crippen molar-refractivity contribution in [1.82, 2.24) is 0 Å². The van der Waals surface area contributed by atoms with Crippen LogP contribution in [0, 0.1) is 12.7 Å². The Bertz CT molecular complexity index is 428. The average molecular weight is 289 g/mol. The summed E-state index contributed by atoms with van der Waals surface area (Å²) in [7, 11) is 1.45. The van der Waals surface area contributed by atoms with Crippen LogP contribution in [0.3, 0.4) is 0 Å². The second kappa shape index (κ2) is 4.00. The van der Waals surface area contributed by atoms with Gasteiger partial charge in [-0.2, -0.15) is 0 Å². The minimum Gasteiger partial charge on any atom is -0.493 e. The maximum absolute atomic E-state index is 13.7. The van der Waals surface area contributed by atoms with Gasteiger partial charge in [-0.1, -0.05) is 15.9 Å². The largest absolute Gasteiger partial charge is 0.493 e. The number of hydrogen-bond donors (Lipinski definition) is 1. The van der Waals surface area contributed by atoms with Crippen LogP contribution in [0.5, 0.6) is 5.75 Å². The first-order valence-corrected chi connectivity index (χ1v) is 6.00. The molecular weight excluding hydrogens is 275 g/mol. The van der Waals surface area contributed by atoms with Crippen LogP contribution in [0.25, 0.3) is 0 Å². The van der Waals surface area contributed by atoms with Gasteiger partial charge in [0, 0.05) is 16.5 Å². The highest BCUT2D eigenvalue weighted by atomic mass is 79.9. The van der Waals surface area contributed by atoms with Crippen LogP contribution in [-0.4, -0.2) is 17.8 Å². The Hall–Kier alpha value is -0.610. The number of hydrogen-bond acceptors (Lipinski definition) is 2. The van der Waals surface area contributed by atoms with Crippen molar-refractivity contribution < 1.29 is 14.2 Å². The molecule has 88 valence electrons. The molecule has 0 radical (unpaired) electrons. The Morgan fingerprint density at radius 1 is 1.56 bits per heavy atom. The van der Waals surface area contributed by atoms with E-state index >= 15 is 0 Å². The van der Waals surface area contributed by atoms with E-state index in [0.29, 0.717) is 10.9 Å². The van der Waals surface area contributed by atoms with Crippen molar-refractivity contribution in [3.05, 3.63) is 27.5 Å². The molecule has 1 aliphatic rings. The molecule has 4 heteroatoms. The van der Waals surface area contributed by atoms with Crippen LogP contribution in [0.1, 0.15) is 24.0 Å². The number of benzene rings is 1. The second-order valence-corrected chi connectivity index (χ2v) is 5.23. The monoisotopic (exact) mass is 288 g/mol. The predicted molar refractivity (Wildman–Crippen MR) is 63.3 cm³/mol. The molecule has 1 saturated carbocycles. The molecule has 0 atom stereocenters. The van der Waals surface area contributed by atoms with Crippen LogP contribution in [-0.2, 0) is 6.42 Å². The predicted octanol–water partition coefficient (Wildman–Crippen LogP) is 2.97. The number of aliphatic hydroxyl groups is 1. The lowest BCUT2D eigenvalue weighted by Gasteiger charge is -2.16. The lowest BCUT2D eigenvalue weighted by Crippen LogP contribution is -2.13. The molecule has 0 saturated heterocycles. The van der Waals surface area contributed by atoms with Crippen LogP contribution < -0.4 is 4.74 Å². The maximum Gasteiger partial charge on any atom is 0.166 e. The Labute approximate surface area is 103 Å². The SMILES string of the molecule is COc1c(F)cc(Br)c(C)c1CC1(O)CC1. The summed E-state index contributed by atoms with van der Waals surface area (Å²) in [6.07, 6.45) is 2.02. The van der Waals surface area contributed by atoms with Crippen LogP contribution in [0.15, 0.2) is 10.5 Å². The quantitative estimate of drug-likeness (QED) is 0.927. The molecule has 1 aromatic rings. The van der Waals surface area contributed by atoms with Crippen molar-refractivity contribution in [1.29, 1.82) is 0 Å². The fourth-order valence-electron chi connectivity index (χ4n) is 1.83. The van der Waals surface area contributed by atoms with Crippen molar-refractivity contribution in [2.75, 3.05) is 7.11 Å². The molecule has 0 unspecified atom stereocenters. The summed E-state index contributed by atoms with van der Waals surface area (Å²) >= 11 is 3.31. The average Bonchev–Trinajstić information content (AvgIpc) is 2.93. The molecule has 1 aromatic carbocycles. The third-order valence-corrected chi connectivity index (χ3v) is 3.92. The highest BCUT2D eigenvalue weighted by Gasteiger charge is 2.41. The van der Waals surface area contributed by atoms with Crippen LogP contribution >= 0.6 is 15.9 Å². The first kappa shape index (κ1) is 11.9. The smallest absolute Gasteiger partial charge is 0.166 e. The van der Waals surface area contributed by atoms with Gasteiger partial charge in [0.2, 0.25) is 0 Å². The molecule has 2 rings (SSSR count). The number of halogens is 2. The van der Waals surface area contributed by atoms with Gasteiger partial charge in [0.25, 0.3) is 0 Å². The summed E-state index contributed by atoms with van der Waals surface area (Å²) in [4.78, 5) is 0. The van der Waals surface area contributed by atoms with Crippen molar-refractivity contribution in [3.63, 3.8) is 0 Å². The van der Waals surface area contributed by atoms with Crippen molar-refractivity contribution >= 4 is 15.9 Å². The van der Waals surface area contributed by atoms with Gasteiger partial charge in [0.05, 0.1) is 12.7 Å². The summed E-state index contributed by atoms with van der Waals surface area (Å²) in [6.45, 7) is 1.90. The molecule has 0 aromatic heterocycles. The molecule has 16 heavy (non-hydrogen) atoms. The molecule has 1 aliphatic carbocycles. The van der Waals surface area contributed by atoms with Crippen molar-refractivity contribution in [2.24, 2.45) is 0 Å². The molecule has 0 amide bonds. The van der Waals surface area contributed by atoms with E-state index in [1.807, 2.05) is 6.92 Å². The maximum atomic E-state index is 13.7. The van der Waals surface area contributed by atoms with Crippen molar-refractivity contribution in [2.45, 2.75) is 31.8 Å². The van der Waals surface area contributed by atoms with E-state index in [0.717, 1.165) is 24.0 Å². The van der Waals surface area contributed by atoms with Gasteiger partial charge < -0.3 is 9.84 Å². The van der Waals surface area contributed by atoms with Gasteiger partial charge in [-0.05, 0) is 31.4 Å². The Balaban J connectivity index is 2.47. The number of ether oxygens (including phenoxy) is 1. The zero-order chi connectivity index (χ0) is 11.9. The first-order chi connectivity index (χ1) is 7.47. The van der Waals surface area contributed by atoms with Gasteiger partial charge >= 0.3 is 0 Å². The summed E-state index contributed by atoms with van der Waals surface area (Å²) in [5.41, 5.74) is 1.04. The van der Waals surface area contributed by atoms with E-state index in [1.54, 1.807) is 0 Å². The third kappa shape index (κ3) is 2.09. The van der Waals surface area contributed by atoms with Gasteiger partial charge in [0.1, 0.15) is 0 Å². The standard InChI is InChI=1S/C12H14BrFO2/c1-7-8(6-12(15)3-4-12)11(16-2)10(14)5-9(7)13/h5,15H,3-4,6H2,1-2H3. The van der Waals surface area contributed by atoms with E-state index in [-0.39, 0.29) is 11.6 Å². The normalized spacial score (nSPS) is 17.3. The molecular formula is C12H14BrFO2. The Morgan fingerprint density at radius 3 is 2.69 bits per heavy atom. The lowest BCUT2D eigenvalue weighted by molar-refractivity contribution is 0.149. The minimum atomic E-state index is -0.648. The van der Waals surface area contributed by atoms with E-state index in [1.165, 1.54) is 13.2 Å². The van der Waals surface area contributed by atoms with Crippen molar-refractivity contribution in [3.8, 4) is 5.75 Å². The Kier molecular flexibility index (Phi) is 2.97. The fourth-order valence-corrected chi connectivity index (χ4v) is 2.27. The van der Waals surface area contributed by atoms with Gasteiger partial charge in [-0.3, -0.25) is 0 Å². The fraction of sp³-hybridized carbons (Fsp3) is 0.500. The number of methoxy groups -OCH3 is 1. The lowest BCUT2D eigenvalue weighted by atomic mass is 10.00. The molecule has 0 heterocycles. The zero-order valence-corrected chi connectivity index (χ0v) is 10.9. The second-order valence-electron chi connectivity index (χ2n) is 4.38. The van der Waals surface area contributed by atoms with Gasteiger partial charge in [-0.25, -0.2) is 4.39 Å². The summed E-state index contributed by atoms with van der Waals surface area (Å²) < 4.78 is 19.4. The first-order valence-electron chi connectivity index (χ1n) is 5.21. The summed E-state index contributed by atoms with van der Waals surface area (Å²) in [6, 6.07) is 1.40. The topological polar surface area (TPSA) is 29.5 Å². The molecule has 0 bridgehead atoms. The van der Waals surface area contributed by atoms with Gasteiger partial charge in [-0.15, -0.1) is 0 Å². The van der Waals surface area contributed by atoms with E-state index in [9.17, 15) is 9.50 Å². The zero-order valence-electron chi connectivity index (χ0n) is 9.31. The Morgan fingerprint density at radius 2 is 2.19 bits per heavy atom. The number of rotatable bonds is 3. The summed E-state index contributed by atoms with van der Waals surface area (Å²) in [5, 5.41) is 9.92. The van der Waals surface area contributed by atoms with Gasteiger partial charge in [0.15, 0.2) is 11.6 Å². The minimum absolute atomic E-state index is 0.251. The van der Waals surface area contributed by atoms with E-state index < -0.39 is 5.60 Å². The molecule has 2 nitrogen and oxygen atoms in total. The van der Waals surface area contributed by atoms with E-state index in [4.69, 9.17) is 4.74 Å². The van der Waals surface area contributed by atoms with Crippen LogP contribution in [0.4, 0.5) is 4.39 Å². The highest BCUT2D eigenvalue weighted by molar-refractivity contribution is 9.10. The third-order valence-electron chi connectivity index (χ3n) is 3.09. The molecule has 0 spiro atoms.